The van der Waals surface area contributed by atoms with Gasteiger partial charge < -0.3 is 29.2 Å². The molecule has 2 aliphatic heterocycles. The Morgan fingerprint density at radius 3 is 2.72 bits per heavy atom. The number of phenolic OH excluding ortho intramolecular Hbond substituents is 2. The zero-order valence-electron chi connectivity index (χ0n) is 15.9. The lowest BCUT2D eigenvalue weighted by molar-refractivity contribution is 0.101. The molecule has 0 amide bonds. The molecule has 1 saturated heterocycles. The van der Waals surface area contributed by atoms with E-state index in [1.165, 1.54) is 6.07 Å². The molecule has 0 atom stereocenters. The molecule has 0 spiro atoms. The largest absolute Gasteiger partial charge is 0.508 e. The number of aromatic nitrogens is 1. The summed E-state index contributed by atoms with van der Waals surface area (Å²) in [5.74, 6) is -0.577. The molecule has 29 heavy (non-hydrogen) atoms. The number of carbonyl (C=O) groups excluding carboxylic acids is 1. The first-order chi connectivity index (χ1) is 14.0. The molecule has 0 radical (unpaired) electrons. The van der Waals surface area contributed by atoms with E-state index in [0.29, 0.717) is 13.2 Å². The quantitative estimate of drug-likeness (QED) is 0.652. The lowest BCUT2D eigenvalue weighted by Gasteiger charge is -2.29. The third-order valence-corrected chi connectivity index (χ3v) is 5.40. The first kappa shape index (κ1) is 17.6. The van der Waals surface area contributed by atoms with Crippen molar-refractivity contribution in [3.63, 3.8) is 0 Å². The summed E-state index contributed by atoms with van der Waals surface area (Å²) in [5, 5.41) is 20.8. The van der Waals surface area contributed by atoms with Crippen LogP contribution in [0.5, 0.6) is 17.2 Å². The van der Waals surface area contributed by atoms with Crippen LogP contribution in [0.2, 0.25) is 0 Å². The average Bonchev–Trinajstić information content (AvgIpc) is 3.19. The number of anilines is 1. The Hall–Kier alpha value is -3.45. The van der Waals surface area contributed by atoms with Crippen LogP contribution in [0.3, 0.4) is 0 Å². The average molecular weight is 392 g/mol. The molecule has 1 fully saturated rings. The van der Waals surface area contributed by atoms with E-state index < -0.39 is 5.78 Å². The Morgan fingerprint density at radius 2 is 1.93 bits per heavy atom. The number of nitrogens with zero attached hydrogens (tertiary/aromatic N) is 2. The molecule has 0 aliphatic carbocycles. The number of benzene rings is 2. The van der Waals surface area contributed by atoms with Crippen LogP contribution < -0.4 is 9.64 Å². The zero-order valence-corrected chi connectivity index (χ0v) is 15.9. The highest BCUT2D eigenvalue weighted by molar-refractivity contribution is 6.17. The number of ketones is 1. The molecular formula is C22H20N2O5. The van der Waals surface area contributed by atoms with Crippen LogP contribution in [0.25, 0.3) is 17.0 Å². The standard InChI is InChI=1S/C22H20N2O5/c1-23-12-13(9-19-22(27)21-17(26)10-14(25)11-18(21)29-19)20-15(23)3-2-4-16(20)24-5-7-28-8-6-24/h2-4,9-12,25-26H,5-8H2,1H3. The van der Waals surface area contributed by atoms with E-state index in [9.17, 15) is 15.0 Å². The second kappa shape index (κ2) is 6.56. The van der Waals surface area contributed by atoms with E-state index in [1.54, 1.807) is 6.08 Å². The number of aromatic hydroxyl groups is 2. The molecule has 3 heterocycles. The number of phenols is 2. The minimum atomic E-state index is -0.404. The second-order valence-electron chi connectivity index (χ2n) is 7.24. The molecule has 3 aromatic rings. The zero-order chi connectivity index (χ0) is 20.1. The Balaban J connectivity index is 1.63. The Kier molecular flexibility index (Phi) is 3.99. The van der Waals surface area contributed by atoms with E-state index in [4.69, 9.17) is 9.47 Å². The minimum Gasteiger partial charge on any atom is -0.508 e. The van der Waals surface area contributed by atoms with Gasteiger partial charge in [-0.1, -0.05) is 6.07 Å². The number of carbonyl (C=O) groups is 1. The number of Topliss-reactive ketones (excluding diaryl/α,β-unsaturated/α-hetero) is 1. The Morgan fingerprint density at radius 1 is 1.14 bits per heavy atom. The van der Waals surface area contributed by atoms with Crippen molar-refractivity contribution in [2.45, 2.75) is 0 Å². The predicted octanol–water partition coefficient (Wildman–Crippen LogP) is 3.04. The van der Waals surface area contributed by atoms with Crippen molar-refractivity contribution in [1.29, 1.82) is 0 Å². The van der Waals surface area contributed by atoms with Gasteiger partial charge in [-0.15, -0.1) is 0 Å². The lowest BCUT2D eigenvalue weighted by Crippen LogP contribution is -2.36. The number of hydrogen-bond donors (Lipinski definition) is 2. The van der Waals surface area contributed by atoms with Gasteiger partial charge in [0.2, 0.25) is 5.78 Å². The third kappa shape index (κ3) is 2.82. The number of ether oxygens (including phenoxy) is 2. The van der Waals surface area contributed by atoms with Gasteiger partial charge in [-0.05, 0) is 18.2 Å². The smallest absolute Gasteiger partial charge is 0.235 e. The van der Waals surface area contributed by atoms with E-state index >= 15 is 0 Å². The summed E-state index contributed by atoms with van der Waals surface area (Å²) in [6.45, 7) is 2.97. The van der Waals surface area contributed by atoms with Crippen LogP contribution in [0.15, 0.2) is 42.3 Å². The first-order valence-electron chi connectivity index (χ1n) is 9.44. The molecule has 5 rings (SSSR count). The highest BCUT2D eigenvalue weighted by Gasteiger charge is 2.32. The van der Waals surface area contributed by atoms with Gasteiger partial charge in [0.25, 0.3) is 0 Å². The van der Waals surface area contributed by atoms with Crippen molar-refractivity contribution < 1.29 is 24.5 Å². The summed E-state index contributed by atoms with van der Waals surface area (Å²) in [7, 11) is 1.96. The number of morpholine rings is 1. The van der Waals surface area contributed by atoms with Gasteiger partial charge in [0.15, 0.2) is 5.76 Å². The van der Waals surface area contributed by atoms with Gasteiger partial charge in [0.1, 0.15) is 22.8 Å². The summed E-state index contributed by atoms with van der Waals surface area (Å²) >= 11 is 0. The van der Waals surface area contributed by atoms with Crippen LogP contribution >= 0.6 is 0 Å². The maximum absolute atomic E-state index is 12.8. The topological polar surface area (TPSA) is 84.2 Å². The summed E-state index contributed by atoms with van der Waals surface area (Å²) in [6.07, 6.45) is 3.66. The van der Waals surface area contributed by atoms with Gasteiger partial charge in [-0.2, -0.15) is 0 Å². The van der Waals surface area contributed by atoms with Crippen LogP contribution in [0.1, 0.15) is 15.9 Å². The number of fused-ring (bicyclic) bond motifs is 2. The molecule has 0 saturated carbocycles. The SMILES string of the molecule is Cn1cc(C=C2Oc3cc(O)cc(O)c3C2=O)c2c(N3CCOCC3)cccc21. The fourth-order valence-corrected chi connectivity index (χ4v) is 4.06. The molecule has 148 valence electrons. The normalized spacial score (nSPS) is 17.8. The number of allylic oxidation sites excluding steroid dienone is 1. The molecule has 1 aromatic heterocycles. The molecule has 0 unspecified atom stereocenters. The van der Waals surface area contributed by atoms with Crippen molar-refractivity contribution in [3.8, 4) is 17.2 Å². The van der Waals surface area contributed by atoms with Crippen LogP contribution in [0, 0.1) is 0 Å². The summed E-state index contributed by atoms with van der Waals surface area (Å²) in [5.41, 5.74) is 3.05. The molecule has 2 aromatic carbocycles. The Bertz CT molecular complexity index is 1170. The molecular weight excluding hydrogens is 372 g/mol. The van der Waals surface area contributed by atoms with Gasteiger partial charge in [0, 0.05) is 55.1 Å². The second-order valence-corrected chi connectivity index (χ2v) is 7.24. The van der Waals surface area contributed by atoms with Crippen LogP contribution in [-0.2, 0) is 11.8 Å². The van der Waals surface area contributed by atoms with Crippen molar-refractivity contribution in [2.24, 2.45) is 7.05 Å². The highest BCUT2D eigenvalue weighted by Crippen LogP contribution is 2.41. The monoisotopic (exact) mass is 392 g/mol. The van der Waals surface area contributed by atoms with Gasteiger partial charge in [-0.3, -0.25) is 4.79 Å². The highest BCUT2D eigenvalue weighted by atomic mass is 16.5. The van der Waals surface area contributed by atoms with Gasteiger partial charge in [0.05, 0.1) is 18.7 Å². The van der Waals surface area contributed by atoms with Crippen molar-refractivity contribution in [2.75, 3.05) is 31.2 Å². The van der Waals surface area contributed by atoms with Crippen LogP contribution in [-0.4, -0.2) is 46.9 Å². The van der Waals surface area contributed by atoms with Crippen molar-refractivity contribution in [3.05, 3.63) is 53.4 Å². The van der Waals surface area contributed by atoms with Gasteiger partial charge >= 0.3 is 0 Å². The lowest BCUT2D eigenvalue weighted by atomic mass is 10.1. The number of aryl methyl sites for hydroxylation is 1. The summed E-state index contributed by atoms with van der Waals surface area (Å²) in [4.78, 5) is 15.1. The van der Waals surface area contributed by atoms with E-state index in [-0.39, 0.29) is 28.6 Å². The van der Waals surface area contributed by atoms with Crippen molar-refractivity contribution in [1.82, 2.24) is 4.57 Å². The van der Waals surface area contributed by atoms with E-state index in [2.05, 4.69) is 11.0 Å². The first-order valence-corrected chi connectivity index (χ1v) is 9.44. The molecule has 0 bridgehead atoms. The molecule has 2 N–H and O–H groups in total. The summed E-state index contributed by atoms with van der Waals surface area (Å²) < 4.78 is 13.2. The molecule has 7 heteroatoms. The van der Waals surface area contributed by atoms with Crippen molar-refractivity contribution >= 4 is 28.4 Å². The minimum absolute atomic E-state index is 0.0719. The predicted molar refractivity (Wildman–Crippen MR) is 109 cm³/mol. The molecule has 2 aliphatic rings. The van der Waals surface area contributed by atoms with E-state index in [1.807, 2.05) is 29.9 Å². The molecule has 7 nitrogen and oxygen atoms in total. The van der Waals surface area contributed by atoms with Gasteiger partial charge in [-0.25, -0.2) is 0 Å². The van der Waals surface area contributed by atoms with E-state index in [0.717, 1.165) is 41.3 Å². The fraction of sp³-hybridized carbons (Fsp3) is 0.227. The number of rotatable bonds is 2. The Labute approximate surface area is 167 Å². The number of hydrogen-bond acceptors (Lipinski definition) is 6. The third-order valence-electron chi connectivity index (χ3n) is 5.40. The maximum atomic E-state index is 12.8. The van der Waals surface area contributed by atoms with Crippen LogP contribution in [0.4, 0.5) is 5.69 Å². The summed E-state index contributed by atoms with van der Waals surface area (Å²) in [6, 6.07) is 8.61. The maximum Gasteiger partial charge on any atom is 0.235 e. The fourth-order valence-electron chi connectivity index (χ4n) is 4.06.